The van der Waals surface area contributed by atoms with E-state index < -0.39 is 0 Å². The molecular weight excluding hydrogens is 769 g/mol. The van der Waals surface area contributed by atoms with Crippen molar-refractivity contribution < 1.29 is 0 Å². The molecule has 6 nitrogen and oxygen atoms in total. The fourth-order valence-corrected chi connectivity index (χ4v) is 8.28. The number of benzene rings is 7. The third kappa shape index (κ3) is 7.70. The van der Waals surface area contributed by atoms with Crippen molar-refractivity contribution >= 4 is 21.8 Å². The Bertz CT molecular complexity index is 3080. The molecular formula is C57H48N6. The zero-order valence-electron chi connectivity index (χ0n) is 36.5. The normalized spacial score (nSPS) is 12.0. The molecule has 7 aromatic carbocycles. The standard InChI is InChI=1S/C57H48N6/c1-56(2,3)42-28-31-49-44(34-42)45-35-43(57(4,5)6)29-32-50(45)63(49)51-30-27-41(48-36-47(37-19-11-7-12-20-37)58-52(59-48)38-21-13-8-14-22-38)33-46(51)55-61-53(39-23-15-9-16-24-39)60-54(62-55)40-25-17-10-18-26-40/h7-36H,1-6H3. The summed E-state index contributed by atoms with van der Waals surface area (Å²) in [5.41, 5.74) is 12.9. The lowest BCUT2D eigenvalue weighted by Crippen LogP contribution is -2.10. The van der Waals surface area contributed by atoms with E-state index in [0.29, 0.717) is 23.3 Å². The summed E-state index contributed by atoms with van der Waals surface area (Å²) in [5, 5.41) is 2.42. The van der Waals surface area contributed by atoms with Crippen molar-refractivity contribution in [3.05, 3.63) is 193 Å². The predicted octanol–water partition coefficient (Wildman–Crippen LogP) is 14.4. The Kier molecular flexibility index (Phi) is 9.87. The Labute approximate surface area is 369 Å². The number of nitrogens with zero attached hydrogens (tertiary/aromatic N) is 6. The lowest BCUT2D eigenvalue weighted by molar-refractivity contribution is 0.590. The van der Waals surface area contributed by atoms with E-state index >= 15 is 0 Å². The van der Waals surface area contributed by atoms with Gasteiger partial charge in [-0.05, 0) is 64.4 Å². The molecule has 0 saturated heterocycles. The van der Waals surface area contributed by atoms with Gasteiger partial charge in [0.1, 0.15) is 0 Å². The van der Waals surface area contributed by atoms with Crippen LogP contribution in [0.15, 0.2) is 182 Å². The van der Waals surface area contributed by atoms with Gasteiger partial charge in [-0.15, -0.1) is 0 Å². The Morgan fingerprint density at radius 3 is 1.17 bits per heavy atom. The van der Waals surface area contributed by atoms with Crippen molar-refractivity contribution in [1.29, 1.82) is 0 Å². The second-order valence-corrected chi connectivity index (χ2v) is 18.3. The molecule has 6 heteroatoms. The van der Waals surface area contributed by atoms with Crippen LogP contribution in [-0.2, 0) is 10.8 Å². The highest BCUT2D eigenvalue weighted by atomic mass is 15.1. The largest absolute Gasteiger partial charge is 0.309 e. The number of fused-ring (bicyclic) bond motifs is 3. The summed E-state index contributed by atoms with van der Waals surface area (Å²) in [6.07, 6.45) is 0. The summed E-state index contributed by atoms with van der Waals surface area (Å²) < 4.78 is 2.39. The van der Waals surface area contributed by atoms with Gasteiger partial charge in [-0.25, -0.2) is 24.9 Å². The van der Waals surface area contributed by atoms with Crippen molar-refractivity contribution in [1.82, 2.24) is 29.5 Å². The molecule has 0 unspecified atom stereocenters. The third-order valence-corrected chi connectivity index (χ3v) is 11.8. The SMILES string of the molecule is CC(C)(C)c1ccc2c(c1)c1cc(C(C)(C)C)ccc1n2-c1ccc(-c2cc(-c3ccccc3)nc(-c3ccccc3)n2)cc1-c1nc(-c2ccccc2)nc(-c2ccccc2)n1. The average molecular weight is 817 g/mol. The predicted molar refractivity (Wildman–Crippen MR) is 260 cm³/mol. The molecule has 0 aliphatic rings. The van der Waals surface area contributed by atoms with Crippen LogP contribution >= 0.6 is 0 Å². The van der Waals surface area contributed by atoms with Gasteiger partial charge < -0.3 is 4.57 Å². The zero-order chi connectivity index (χ0) is 43.3. The summed E-state index contributed by atoms with van der Waals surface area (Å²) in [4.78, 5) is 26.1. The van der Waals surface area contributed by atoms with Crippen LogP contribution in [0.5, 0.6) is 0 Å². The zero-order valence-corrected chi connectivity index (χ0v) is 36.5. The van der Waals surface area contributed by atoms with Crippen LogP contribution in [0.4, 0.5) is 0 Å². The molecule has 0 fully saturated rings. The topological polar surface area (TPSA) is 69.4 Å². The molecule has 0 radical (unpaired) electrons. The molecule has 10 rings (SSSR count). The average Bonchev–Trinajstić information content (AvgIpc) is 3.64. The van der Waals surface area contributed by atoms with Gasteiger partial charge >= 0.3 is 0 Å². The van der Waals surface area contributed by atoms with Crippen molar-refractivity contribution in [3.8, 4) is 73.8 Å². The molecule has 10 aromatic rings. The first kappa shape index (κ1) is 39.6. The van der Waals surface area contributed by atoms with Crippen LogP contribution in [0, 0.1) is 0 Å². The number of rotatable bonds is 7. The van der Waals surface area contributed by atoms with E-state index in [1.54, 1.807) is 0 Å². The number of hydrogen-bond donors (Lipinski definition) is 0. The Balaban J connectivity index is 1.29. The van der Waals surface area contributed by atoms with E-state index in [1.807, 2.05) is 72.8 Å². The molecule has 0 atom stereocenters. The molecule has 0 saturated carbocycles. The lowest BCUT2D eigenvalue weighted by atomic mass is 9.85. The van der Waals surface area contributed by atoms with Crippen LogP contribution < -0.4 is 0 Å². The molecule has 0 aliphatic heterocycles. The van der Waals surface area contributed by atoms with Crippen molar-refractivity contribution in [2.45, 2.75) is 52.4 Å². The van der Waals surface area contributed by atoms with Gasteiger partial charge in [0.25, 0.3) is 0 Å². The molecule has 63 heavy (non-hydrogen) atoms. The molecule has 0 spiro atoms. The van der Waals surface area contributed by atoms with Crippen LogP contribution in [0.3, 0.4) is 0 Å². The van der Waals surface area contributed by atoms with E-state index in [9.17, 15) is 0 Å². The van der Waals surface area contributed by atoms with Gasteiger partial charge in [0.2, 0.25) is 0 Å². The second-order valence-electron chi connectivity index (χ2n) is 18.3. The summed E-state index contributed by atoms with van der Waals surface area (Å²) in [7, 11) is 0. The maximum Gasteiger partial charge on any atom is 0.166 e. The highest BCUT2D eigenvalue weighted by Crippen LogP contribution is 2.41. The van der Waals surface area contributed by atoms with Crippen molar-refractivity contribution in [2.24, 2.45) is 0 Å². The molecule has 0 aliphatic carbocycles. The minimum atomic E-state index is -0.0294. The molecule has 0 amide bonds. The monoisotopic (exact) mass is 816 g/mol. The van der Waals surface area contributed by atoms with Gasteiger partial charge in [-0.3, -0.25) is 0 Å². The fraction of sp³-hybridized carbons (Fsp3) is 0.140. The maximum absolute atomic E-state index is 5.32. The first-order chi connectivity index (χ1) is 30.5. The van der Waals surface area contributed by atoms with E-state index in [1.165, 1.54) is 21.9 Å². The Hall–Kier alpha value is -7.57. The van der Waals surface area contributed by atoms with Crippen molar-refractivity contribution in [3.63, 3.8) is 0 Å². The van der Waals surface area contributed by atoms with Crippen LogP contribution in [0.25, 0.3) is 95.6 Å². The minimum Gasteiger partial charge on any atom is -0.309 e. The fourth-order valence-electron chi connectivity index (χ4n) is 8.28. The van der Waals surface area contributed by atoms with Crippen molar-refractivity contribution in [2.75, 3.05) is 0 Å². The first-order valence-electron chi connectivity index (χ1n) is 21.6. The van der Waals surface area contributed by atoms with E-state index in [4.69, 9.17) is 24.9 Å². The van der Waals surface area contributed by atoms with Gasteiger partial charge in [0, 0.05) is 44.2 Å². The van der Waals surface area contributed by atoms with Crippen LogP contribution in [0.2, 0.25) is 0 Å². The summed E-state index contributed by atoms with van der Waals surface area (Å²) in [5.74, 6) is 2.42. The Morgan fingerprint density at radius 1 is 0.333 bits per heavy atom. The highest BCUT2D eigenvalue weighted by molar-refractivity contribution is 6.10. The molecule has 306 valence electrons. The molecule has 3 heterocycles. The van der Waals surface area contributed by atoms with E-state index in [0.717, 1.165) is 61.5 Å². The number of hydrogen-bond acceptors (Lipinski definition) is 5. The quantitative estimate of drug-likeness (QED) is 0.160. The summed E-state index contributed by atoms with van der Waals surface area (Å²) in [6, 6.07) is 63.3. The van der Waals surface area contributed by atoms with Gasteiger partial charge in [-0.2, -0.15) is 0 Å². The summed E-state index contributed by atoms with van der Waals surface area (Å²) in [6.45, 7) is 13.7. The smallest absolute Gasteiger partial charge is 0.166 e. The van der Waals surface area contributed by atoms with Gasteiger partial charge in [-0.1, -0.05) is 181 Å². The molecule has 0 N–H and O–H groups in total. The first-order valence-corrected chi connectivity index (χ1v) is 21.6. The third-order valence-electron chi connectivity index (χ3n) is 11.8. The van der Waals surface area contributed by atoms with Crippen LogP contribution in [-0.4, -0.2) is 29.5 Å². The second kappa shape index (κ2) is 15.7. The molecule has 3 aromatic heterocycles. The highest BCUT2D eigenvalue weighted by Gasteiger charge is 2.24. The van der Waals surface area contributed by atoms with Crippen LogP contribution in [0.1, 0.15) is 52.7 Å². The van der Waals surface area contributed by atoms with E-state index in [-0.39, 0.29) is 10.8 Å². The number of aromatic nitrogens is 6. The van der Waals surface area contributed by atoms with Gasteiger partial charge in [0.05, 0.1) is 28.1 Å². The Morgan fingerprint density at radius 2 is 0.730 bits per heavy atom. The van der Waals surface area contributed by atoms with Gasteiger partial charge in [0.15, 0.2) is 23.3 Å². The lowest BCUT2D eigenvalue weighted by Gasteiger charge is -2.19. The summed E-state index contributed by atoms with van der Waals surface area (Å²) >= 11 is 0. The minimum absolute atomic E-state index is 0.0294. The molecule has 0 bridgehead atoms. The van der Waals surface area contributed by atoms with E-state index in [2.05, 4.69) is 155 Å². The maximum atomic E-state index is 5.32.